The SMILES string of the molecule is CCN(CC)C(=O)[C@@H]1C[C@@H](NC(=O)Cc2ccc(O)c(F)c2)CN1C. The fourth-order valence-electron chi connectivity index (χ4n) is 3.26. The monoisotopic (exact) mass is 351 g/mol. The number of phenols is 1. The van der Waals surface area contributed by atoms with Crippen LogP contribution < -0.4 is 5.32 Å². The Hall–Kier alpha value is -2.15. The summed E-state index contributed by atoms with van der Waals surface area (Å²) in [6.45, 7) is 5.85. The lowest BCUT2D eigenvalue weighted by atomic mass is 10.1. The minimum Gasteiger partial charge on any atom is -0.505 e. The quantitative estimate of drug-likeness (QED) is 0.806. The maximum Gasteiger partial charge on any atom is 0.239 e. The molecule has 6 nitrogen and oxygen atoms in total. The Kier molecular flexibility index (Phi) is 6.36. The van der Waals surface area contributed by atoms with E-state index < -0.39 is 11.6 Å². The molecule has 7 heteroatoms. The Balaban J connectivity index is 1.91. The third-order valence-electron chi connectivity index (χ3n) is 4.65. The molecule has 2 atom stereocenters. The molecule has 1 saturated heterocycles. The molecule has 1 heterocycles. The maximum atomic E-state index is 13.3. The van der Waals surface area contributed by atoms with Crippen molar-refractivity contribution in [2.75, 3.05) is 26.7 Å². The molecular formula is C18H26FN3O3. The van der Waals surface area contributed by atoms with E-state index in [1.165, 1.54) is 12.1 Å². The van der Waals surface area contributed by atoms with Crippen LogP contribution in [-0.4, -0.2) is 65.5 Å². The first kappa shape index (κ1) is 19.2. The van der Waals surface area contributed by atoms with Gasteiger partial charge in [0.25, 0.3) is 0 Å². The number of nitrogens with zero attached hydrogens (tertiary/aromatic N) is 2. The van der Waals surface area contributed by atoms with E-state index in [1.807, 2.05) is 25.8 Å². The van der Waals surface area contributed by atoms with Gasteiger partial charge in [0.2, 0.25) is 11.8 Å². The van der Waals surface area contributed by atoms with Crippen LogP contribution in [0.3, 0.4) is 0 Å². The Morgan fingerprint density at radius 2 is 2.04 bits per heavy atom. The molecule has 1 aromatic rings. The normalized spacial score (nSPS) is 20.5. The van der Waals surface area contributed by atoms with E-state index in [9.17, 15) is 19.1 Å². The highest BCUT2D eigenvalue weighted by Crippen LogP contribution is 2.19. The first-order valence-electron chi connectivity index (χ1n) is 8.61. The number of phenolic OH excluding ortho intramolecular Hbond substituents is 1. The Morgan fingerprint density at radius 1 is 1.36 bits per heavy atom. The van der Waals surface area contributed by atoms with Gasteiger partial charge in [-0.1, -0.05) is 6.07 Å². The van der Waals surface area contributed by atoms with Gasteiger partial charge in [0.05, 0.1) is 12.5 Å². The molecule has 1 fully saturated rings. The summed E-state index contributed by atoms with van der Waals surface area (Å²) in [5.74, 6) is -1.31. The largest absolute Gasteiger partial charge is 0.505 e. The molecule has 2 amide bonds. The number of likely N-dealkylation sites (tertiary alicyclic amines) is 1. The molecule has 0 aromatic heterocycles. The van der Waals surface area contributed by atoms with Crippen LogP contribution in [-0.2, 0) is 16.0 Å². The fraction of sp³-hybridized carbons (Fsp3) is 0.556. The van der Waals surface area contributed by atoms with Crippen molar-refractivity contribution in [2.45, 2.75) is 38.8 Å². The Morgan fingerprint density at radius 3 is 2.64 bits per heavy atom. The zero-order valence-corrected chi connectivity index (χ0v) is 15.0. The second-order valence-corrected chi connectivity index (χ2v) is 6.43. The number of carbonyl (C=O) groups excluding carboxylic acids is 2. The van der Waals surface area contributed by atoms with Crippen LogP contribution in [0.25, 0.3) is 0 Å². The number of rotatable bonds is 6. The lowest BCUT2D eigenvalue weighted by molar-refractivity contribution is -0.135. The topological polar surface area (TPSA) is 72.9 Å². The van der Waals surface area contributed by atoms with Gasteiger partial charge in [-0.15, -0.1) is 0 Å². The summed E-state index contributed by atoms with van der Waals surface area (Å²) in [4.78, 5) is 28.5. The van der Waals surface area contributed by atoms with Crippen LogP contribution in [0, 0.1) is 5.82 Å². The number of aromatic hydroxyl groups is 1. The van der Waals surface area contributed by atoms with E-state index in [1.54, 1.807) is 4.90 Å². The van der Waals surface area contributed by atoms with E-state index in [4.69, 9.17) is 0 Å². The number of benzene rings is 1. The summed E-state index contributed by atoms with van der Waals surface area (Å²) in [5.41, 5.74) is 0.495. The van der Waals surface area contributed by atoms with E-state index >= 15 is 0 Å². The molecule has 0 saturated carbocycles. The highest BCUT2D eigenvalue weighted by Gasteiger charge is 2.36. The fourth-order valence-corrected chi connectivity index (χ4v) is 3.26. The highest BCUT2D eigenvalue weighted by atomic mass is 19.1. The zero-order chi connectivity index (χ0) is 18.6. The summed E-state index contributed by atoms with van der Waals surface area (Å²) >= 11 is 0. The third-order valence-corrected chi connectivity index (χ3v) is 4.65. The second kappa shape index (κ2) is 8.29. The highest BCUT2D eigenvalue weighted by molar-refractivity contribution is 5.83. The van der Waals surface area contributed by atoms with Crippen molar-refractivity contribution in [1.82, 2.24) is 15.1 Å². The molecule has 0 spiro atoms. The van der Waals surface area contributed by atoms with Crippen molar-refractivity contribution in [3.63, 3.8) is 0 Å². The van der Waals surface area contributed by atoms with Gasteiger partial charge < -0.3 is 15.3 Å². The number of likely N-dealkylation sites (N-methyl/N-ethyl adjacent to an activating group) is 2. The molecule has 1 aliphatic rings. The van der Waals surface area contributed by atoms with Gasteiger partial charge in [0.1, 0.15) is 0 Å². The van der Waals surface area contributed by atoms with Crippen LogP contribution in [0.1, 0.15) is 25.8 Å². The van der Waals surface area contributed by atoms with Gasteiger partial charge in [-0.3, -0.25) is 14.5 Å². The Labute approximate surface area is 147 Å². The number of amides is 2. The predicted molar refractivity (Wildman–Crippen MR) is 92.7 cm³/mol. The van der Waals surface area contributed by atoms with Crippen LogP contribution in [0.2, 0.25) is 0 Å². The lowest BCUT2D eigenvalue weighted by Gasteiger charge is -2.26. The zero-order valence-electron chi connectivity index (χ0n) is 15.0. The van der Waals surface area contributed by atoms with Crippen LogP contribution in [0.4, 0.5) is 4.39 Å². The summed E-state index contributed by atoms with van der Waals surface area (Å²) < 4.78 is 13.3. The first-order chi connectivity index (χ1) is 11.8. The molecule has 138 valence electrons. The average Bonchev–Trinajstić information content (AvgIpc) is 2.92. The molecule has 1 aliphatic heterocycles. The number of nitrogens with one attached hydrogen (secondary N) is 1. The van der Waals surface area contributed by atoms with Crippen LogP contribution >= 0.6 is 0 Å². The second-order valence-electron chi connectivity index (χ2n) is 6.43. The summed E-state index contributed by atoms with van der Waals surface area (Å²) in [6.07, 6.45) is 0.605. The maximum absolute atomic E-state index is 13.3. The molecule has 25 heavy (non-hydrogen) atoms. The third kappa shape index (κ3) is 4.69. The molecule has 0 aliphatic carbocycles. The van der Waals surface area contributed by atoms with Crippen molar-refractivity contribution in [3.05, 3.63) is 29.6 Å². The molecule has 0 radical (unpaired) electrons. The molecule has 1 aromatic carbocycles. The minimum absolute atomic E-state index is 0.0338. The molecular weight excluding hydrogens is 325 g/mol. The predicted octanol–water partition coefficient (Wildman–Crippen LogP) is 1.13. The summed E-state index contributed by atoms with van der Waals surface area (Å²) in [6, 6.07) is 3.58. The van der Waals surface area contributed by atoms with Gasteiger partial charge in [-0.25, -0.2) is 4.39 Å². The number of carbonyl (C=O) groups is 2. The minimum atomic E-state index is -0.740. The van der Waals surface area contributed by atoms with Crippen LogP contribution in [0.5, 0.6) is 5.75 Å². The number of hydrogen-bond donors (Lipinski definition) is 2. The van der Waals surface area contributed by atoms with Gasteiger partial charge in [0.15, 0.2) is 11.6 Å². The van der Waals surface area contributed by atoms with E-state index in [0.717, 1.165) is 6.07 Å². The lowest BCUT2D eigenvalue weighted by Crippen LogP contribution is -2.44. The van der Waals surface area contributed by atoms with E-state index in [0.29, 0.717) is 31.6 Å². The van der Waals surface area contributed by atoms with Crippen molar-refractivity contribution < 1.29 is 19.1 Å². The molecule has 2 N–H and O–H groups in total. The summed E-state index contributed by atoms with van der Waals surface area (Å²) in [5, 5.41) is 12.1. The molecule has 0 bridgehead atoms. The van der Waals surface area contributed by atoms with E-state index in [-0.39, 0.29) is 30.3 Å². The number of hydrogen-bond acceptors (Lipinski definition) is 4. The van der Waals surface area contributed by atoms with Crippen molar-refractivity contribution in [1.29, 1.82) is 0 Å². The van der Waals surface area contributed by atoms with Gasteiger partial charge in [-0.05, 0) is 45.0 Å². The van der Waals surface area contributed by atoms with Gasteiger partial charge >= 0.3 is 0 Å². The Bertz CT molecular complexity index is 634. The van der Waals surface area contributed by atoms with Gasteiger partial charge in [-0.2, -0.15) is 0 Å². The molecule has 2 rings (SSSR count). The smallest absolute Gasteiger partial charge is 0.239 e. The van der Waals surface area contributed by atoms with Crippen molar-refractivity contribution in [2.24, 2.45) is 0 Å². The first-order valence-corrected chi connectivity index (χ1v) is 8.61. The van der Waals surface area contributed by atoms with Crippen molar-refractivity contribution >= 4 is 11.8 Å². The van der Waals surface area contributed by atoms with E-state index in [2.05, 4.69) is 5.32 Å². The van der Waals surface area contributed by atoms with Crippen molar-refractivity contribution in [3.8, 4) is 5.75 Å². The standard InChI is InChI=1S/C18H26FN3O3/c1-4-22(5-2)18(25)15-10-13(11-21(15)3)20-17(24)9-12-6-7-16(23)14(19)8-12/h6-8,13,15,23H,4-5,9-11H2,1-3H3,(H,20,24)/t13-,15+/m1/s1. The number of halogens is 1. The molecule has 0 unspecified atom stereocenters. The van der Waals surface area contributed by atoms with Gasteiger partial charge in [0, 0.05) is 25.7 Å². The summed E-state index contributed by atoms with van der Waals surface area (Å²) in [7, 11) is 1.88. The average molecular weight is 351 g/mol. The van der Waals surface area contributed by atoms with Crippen LogP contribution in [0.15, 0.2) is 18.2 Å².